The van der Waals surface area contributed by atoms with E-state index in [-0.39, 0.29) is 0 Å². The highest BCUT2D eigenvalue weighted by molar-refractivity contribution is 5.80. The minimum Gasteiger partial charge on any atom is -0.215 e. The predicted octanol–water partition coefficient (Wildman–Crippen LogP) is 1.96. The molecule has 1 heteroatoms. The lowest BCUT2D eigenvalue weighted by Gasteiger charge is -1.91. The Balaban J connectivity index is 2.83. The van der Waals surface area contributed by atoms with E-state index >= 15 is 0 Å². The van der Waals surface area contributed by atoms with Crippen LogP contribution in [0.1, 0.15) is 5.69 Å². The average Bonchev–Trinajstić information content (AvgIpc) is 2.04. The highest BCUT2D eigenvalue weighted by Gasteiger charge is 1.95. The molecule has 0 amide bonds. The molecule has 1 aromatic heterocycles. The van der Waals surface area contributed by atoms with Crippen LogP contribution in [0.2, 0.25) is 0 Å². The van der Waals surface area contributed by atoms with Crippen LogP contribution in [-0.2, 0) is 0 Å². The first kappa shape index (κ1) is 6.35. The summed E-state index contributed by atoms with van der Waals surface area (Å²) in [6, 6.07) is 10.5. The molecule has 1 heterocycles. The van der Waals surface area contributed by atoms with E-state index in [2.05, 4.69) is 36.2 Å². The molecule has 1 nitrogen and oxygen atoms in total. The van der Waals surface area contributed by atoms with Gasteiger partial charge in [0.05, 0.1) is 0 Å². The molecule has 0 spiro atoms. The molecule has 0 aliphatic heterocycles. The van der Waals surface area contributed by atoms with E-state index < -0.39 is 0 Å². The second-order valence-corrected chi connectivity index (χ2v) is 2.74. The SMILES string of the molecule is Cc1cc2ccccc2c[nH+]1. The minimum atomic E-state index is 1.20. The lowest BCUT2D eigenvalue weighted by Crippen LogP contribution is -2.04. The van der Waals surface area contributed by atoms with Gasteiger partial charge in [-0.15, -0.1) is 0 Å². The fourth-order valence-electron chi connectivity index (χ4n) is 1.24. The molecule has 2 rings (SSSR count). The van der Waals surface area contributed by atoms with Crippen LogP contribution in [0.15, 0.2) is 36.5 Å². The lowest BCUT2D eigenvalue weighted by molar-refractivity contribution is -0.385. The minimum absolute atomic E-state index is 1.20. The summed E-state index contributed by atoms with van der Waals surface area (Å²) in [6.45, 7) is 2.06. The van der Waals surface area contributed by atoms with Gasteiger partial charge in [-0.3, -0.25) is 0 Å². The standard InChI is InChI=1S/C10H9N/c1-8-6-9-4-2-3-5-10(9)7-11-8/h2-7H,1H3/p+1. The highest BCUT2D eigenvalue weighted by atomic mass is 14.6. The van der Waals surface area contributed by atoms with Crippen LogP contribution in [0.5, 0.6) is 0 Å². The summed E-state index contributed by atoms with van der Waals surface area (Å²) in [5.74, 6) is 0. The highest BCUT2D eigenvalue weighted by Crippen LogP contribution is 2.10. The zero-order valence-electron chi connectivity index (χ0n) is 6.46. The van der Waals surface area contributed by atoms with Gasteiger partial charge in [-0.05, 0) is 11.5 Å². The lowest BCUT2D eigenvalue weighted by atomic mass is 10.1. The number of hydrogen-bond acceptors (Lipinski definition) is 0. The summed E-state index contributed by atoms with van der Waals surface area (Å²) in [5.41, 5.74) is 1.20. The van der Waals surface area contributed by atoms with E-state index in [0.29, 0.717) is 0 Å². The van der Waals surface area contributed by atoms with Crippen molar-refractivity contribution in [3.8, 4) is 0 Å². The zero-order valence-corrected chi connectivity index (χ0v) is 6.46. The summed E-state index contributed by atoms with van der Waals surface area (Å²) in [5, 5.41) is 2.56. The second-order valence-electron chi connectivity index (χ2n) is 2.74. The molecule has 0 saturated heterocycles. The number of pyridine rings is 1. The number of aromatic nitrogens is 1. The fourth-order valence-corrected chi connectivity index (χ4v) is 1.24. The number of H-pyrrole nitrogens is 1. The molecule has 0 radical (unpaired) electrons. The van der Waals surface area contributed by atoms with Crippen LogP contribution in [-0.4, -0.2) is 0 Å². The molecule has 1 aromatic carbocycles. The van der Waals surface area contributed by atoms with Crippen LogP contribution >= 0.6 is 0 Å². The molecule has 2 aromatic rings. The summed E-state index contributed by atoms with van der Waals surface area (Å²) in [6.07, 6.45) is 2.03. The van der Waals surface area contributed by atoms with Crippen molar-refractivity contribution >= 4 is 10.8 Å². The molecule has 0 aliphatic rings. The monoisotopic (exact) mass is 144 g/mol. The third-order valence-electron chi connectivity index (χ3n) is 1.82. The van der Waals surface area contributed by atoms with Gasteiger partial charge in [0.2, 0.25) is 0 Å². The van der Waals surface area contributed by atoms with E-state index in [4.69, 9.17) is 0 Å². The van der Waals surface area contributed by atoms with Crippen molar-refractivity contribution in [2.45, 2.75) is 6.92 Å². The van der Waals surface area contributed by atoms with Gasteiger partial charge >= 0.3 is 0 Å². The molecule has 54 valence electrons. The number of benzene rings is 1. The van der Waals surface area contributed by atoms with Crippen molar-refractivity contribution in [2.75, 3.05) is 0 Å². The van der Waals surface area contributed by atoms with Crippen LogP contribution in [0.25, 0.3) is 10.8 Å². The average molecular weight is 144 g/mol. The molecular weight excluding hydrogens is 134 g/mol. The van der Waals surface area contributed by atoms with E-state index in [1.165, 1.54) is 16.5 Å². The first-order chi connectivity index (χ1) is 5.36. The van der Waals surface area contributed by atoms with Crippen LogP contribution < -0.4 is 4.98 Å². The molecule has 0 bridgehead atoms. The normalized spacial score (nSPS) is 10.3. The maximum absolute atomic E-state index is 3.17. The van der Waals surface area contributed by atoms with Crippen molar-refractivity contribution in [1.82, 2.24) is 0 Å². The quantitative estimate of drug-likeness (QED) is 0.536. The van der Waals surface area contributed by atoms with Gasteiger partial charge in [-0.2, -0.15) is 0 Å². The van der Waals surface area contributed by atoms with E-state index in [9.17, 15) is 0 Å². The molecule has 1 N–H and O–H groups in total. The Morgan fingerprint density at radius 2 is 1.82 bits per heavy atom. The van der Waals surface area contributed by atoms with Crippen LogP contribution in [0, 0.1) is 6.92 Å². The molecule has 0 atom stereocenters. The largest absolute Gasteiger partial charge is 0.215 e. The van der Waals surface area contributed by atoms with Gasteiger partial charge in [0.1, 0.15) is 0 Å². The third kappa shape index (κ3) is 1.09. The summed E-state index contributed by atoms with van der Waals surface area (Å²) >= 11 is 0. The number of fused-ring (bicyclic) bond motifs is 1. The number of rotatable bonds is 0. The van der Waals surface area contributed by atoms with Gasteiger partial charge in [0.15, 0.2) is 11.9 Å². The Hall–Kier alpha value is -1.37. The Morgan fingerprint density at radius 3 is 2.64 bits per heavy atom. The molecule has 0 unspecified atom stereocenters. The van der Waals surface area contributed by atoms with Crippen molar-refractivity contribution in [1.29, 1.82) is 0 Å². The maximum Gasteiger partial charge on any atom is 0.177 e. The molecule has 0 fully saturated rings. The van der Waals surface area contributed by atoms with Crippen molar-refractivity contribution in [3.63, 3.8) is 0 Å². The number of hydrogen-bond donors (Lipinski definition) is 0. The zero-order chi connectivity index (χ0) is 7.68. The van der Waals surface area contributed by atoms with Crippen molar-refractivity contribution in [3.05, 3.63) is 42.2 Å². The summed E-state index contributed by atoms with van der Waals surface area (Å²) in [7, 11) is 0. The Bertz CT molecular complexity index is 379. The fraction of sp³-hybridized carbons (Fsp3) is 0.100. The van der Waals surface area contributed by atoms with Gasteiger partial charge in [0, 0.05) is 18.4 Å². The first-order valence-electron chi connectivity index (χ1n) is 3.73. The van der Waals surface area contributed by atoms with Gasteiger partial charge in [-0.25, -0.2) is 4.98 Å². The Morgan fingerprint density at radius 1 is 1.09 bits per heavy atom. The number of aromatic amines is 1. The smallest absolute Gasteiger partial charge is 0.177 e. The second kappa shape index (κ2) is 2.35. The summed E-state index contributed by atoms with van der Waals surface area (Å²) in [4.78, 5) is 3.17. The third-order valence-corrected chi connectivity index (χ3v) is 1.82. The Kier molecular flexibility index (Phi) is 1.35. The molecule has 0 saturated carbocycles. The Labute approximate surface area is 65.7 Å². The topological polar surface area (TPSA) is 14.1 Å². The van der Waals surface area contributed by atoms with Gasteiger partial charge < -0.3 is 0 Å². The van der Waals surface area contributed by atoms with Gasteiger partial charge in [0.25, 0.3) is 0 Å². The van der Waals surface area contributed by atoms with E-state index in [1.807, 2.05) is 12.3 Å². The van der Waals surface area contributed by atoms with Crippen LogP contribution in [0.4, 0.5) is 0 Å². The summed E-state index contributed by atoms with van der Waals surface area (Å²) < 4.78 is 0. The van der Waals surface area contributed by atoms with Crippen molar-refractivity contribution < 1.29 is 4.98 Å². The maximum atomic E-state index is 3.17. The van der Waals surface area contributed by atoms with E-state index in [1.54, 1.807) is 0 Å². The molecular formula is C10H10N+. The predicted molar refractivity (Wildman–Crippen MR) is 45.2 cm³/mol. The van der Waals surface area contributed by atoms with E-state index in [0.717, 1.165) is 0 Å². The molecule has 11 heavy (non-hydrogen) atoms. The first-order valence-corrected chi connectivity index (χ1v) is 3.73. The van der Waals surface area contributed by atoms with Gasteiger partial charge in [-0.1, -0.05) is 18.2 Å². The number of nitrogens with one attached hydrogen (secondary N) is 1. The number of aryl methyl sites for hydroxylation is 1. The molecule has 0 aliphatic carbocycles. The van der Waals surface area contributed by atoms with Crippen molar-refractivity contribution in [2.24, 2.45) is 0 Å². The van der Waals surface area contributed by atoms with Crippen LogP contribution in [0.3, 0.4) is 0 Å².